The molecule has 0 bridgehead atoms. The van der Waals surface area contributed by atoms with Crippen LogP contribution in [-0.4, -0.2) is 20.3 Å². The van der Waals surface area contributed by atoms with Gasteiger partial charge in [0.05, 0.1) is 0 Å². The van der Waals surface area contributed by atoms with Gasteiger partial charge in [0, 0.05) is 24.6 Å². The molecule has 2 nitrogen and oxygen atoms in total. The van der Waals surface area contributed by atoms with E-state index in [4.69, 9.17) is 9.31 Å². The molecule has 0 amide bonds. The predicted octanol–water partition coefficient (Wildman–Crippen LogP) is 3.86. The lowest BCUT2D eigenvalue weighted by Crippen LogP contribution is -2.46. The first kappa shape index (κ1) is 17.4. The maximum absolute atomic E-state index is 14.2. The molecule has 0 aliphatic carbocycles. The predicted molar refractivity (Wildman–Crippen MR) is 85.3 cm³/mol. The molecule has 1 fully saturated rings. The van der Waals surface area contributed by atoms with Crippen molar-refractivity contribution < 1.29 is 18.1 Å². The van der Waals surface area contributed by atoms with Crippen molar-refractivity contribution in [2.24, 2.45) is 5.92 Å². The highest BCUT2D eigenvalue weighted by Gasteiger charge is 2.32. The van der Waals surface area contributed by atoms with Gasteiger partial charge in [-0.15, -0.1) is 0 Å². The molecule has 1 aromatic rings. The lowest BCUT2D eigenvalue weighted by Gasteiger charge is -2.27. The highest BCUT2D eigenvalue weighted by Crippen LogP contribution is 2.18. The number of benzene rings is 1. The second-order valence-electron chi connectivity index (χ2n) is 6.05. The van der Waals surface area contributed by atoms with E-state index in [-0.39, 0.29) is 5.46 Å². The Labute approximate surface area is 132 Å². The van der Waals surface area contributed by atoms with Crippen LogP contribution in [-0.2, 0) is 15.7 Å². The molecule has 0 aromatic heterocycles. The fraction of sp³-hybridized carbons (Fsp3) is 0.647. The fourth-order valence-corrected chi connectivity index (χ4v) is 2.82. The Bertz CT molecular complexity index is 474. The normalized spacial score (nSPS) is 16.3. The summed E-state index contributed by atoms with van der Waals surface area (Å²) in [6, 6.07) is 3.22. The average Bonchev–Trinajstić information content (AvgIpc) is 2.53. The highest BCUT2D eigenvalue weighted by atomic mass is 19.2. The van der Waals surface area contributed by atoms with E-state index in [9.17, 15) is 8.78 Å². The lowest BCUT2D eigenvalue weighted by atomic mass is 9.76. The second kappa shape index (κ2) is 8.63. The monoisotopic (exact) mass is 310 g/mol. The summed E-state index contributed by atoms with van der Waals surface area (Å²) >= 11 is 0. The topological polar surface area (TPSA) is 18.5 Å². The van der Waals surface area contributed by atoms with Crippen LogP contribution in [0.15, 0.2) is 12.1 Å². The van der Waals surface area contributed by atoms with Gasteiger partial charge >= 0.3 is 7.12 Å². The van der Waals surface area contributed by atoms with Crippen LogP contribution in [0, 0.1) is 17.6 Å². The zero-order valence-electron chi connectivity index (χ0n) is 13.5. The van der Waals surface area contributed by atoms with Crippen molar-refractivity contribution in [1.29, 1.82) is 0 Å². The molecule has 22 heavy (non-hydrogen) atoms. The highest BCUT2D eigenvalue weighted by molar-refractivity contribution is 6.61. The van der Waals surface area contributed by atoms with Crippen molar-refractivity contribution in [2.75, 3.05) is 13.2 Å². The minimum atomic E-state index is -0.833. The molecule has 0 N–H and O–H groups in total. The maximum Gasteiger partial charge on any atom is 0.497 e. The van der Waals surface area contributed by atoms with Gasteiger partial charge in [0.2, 0.25) is 0 Å². The van der Waals surface area contributed by atoms with Gasteiger partial charge in [-0.2, -0.15) is 0 Å². The lowest BCUT2D eigenvalue weighted by molar-refractivity contribution is 0.0806. The quantitative estimate of drug-likeness (QED) is 0.562. The largest absolute Gasteiger partial charge is 0.497 e. The van der Waals surface area contributed by atoms with Gasteiger partial charge in [0.15, 0.2) is 11.6 Å². The molecule has 5 heteroatoms. The van der Waals surface area contributed by atoms with Crippen molar-refractivity contribution in [1.82, 2.24) is 0 Å². The van der Waals surface area contributed by atoms with E-state index in [0.29, 0.717) is 31.1 Å². The molecule has 0 radical (unpaired) electrons. The molecular weight excluding hydrogens is 285 g/mol. The van der Waals surface area contributed by atoms with E-state index in [1.54, 1.807) is 12.1 Å². The fourth-order valence-electron chi connectivity index (χ4n) is 2.82. The van der Waals surface area contributed by atoms with Crippen LogP contribution < -0.4 is 5.46 Å². The molecule has 1 heterocycles. The Hall–Kier alpha value is -0.935. The van der Waals surface area contributed by atoms with Gasteiger partial charge in [0.1, 0.15) is 0 Å². The summed E-state index contributed by atoms with van der Waals surface area (Å²) in [7, 11) is -0.785. The van der Waals surface area contributed by atoms with Crippen LogP contribution in [0.2, 0.25) is 0 Å². The van der Waals surface area contributed by atoms with Gasteiger partial charge in [0.25, 0.3) is 0 Å². The van der Waals surface area contributed by atoms with Gasteiger partial charge in [-0.3, -0.25) is 0 Å². The summed E-state index contributed by atoms with van der Waals surface area (Å²) in [6.45, 7) is 5.21. The van der Waals surface area contributed by atoms with E-state index in [1.807, 2.05) is 6.92 Å². The number of rotatable bonds is 7. The molecule has 1 aromatic carbocycles. The van der Waals surface area contributed by atoms with E-state index in [2.05, 4.69) is 6.92 Å². The van der Waals surface area contributed by atoms with E-state index >= 15 is 0 Å². The van der Waals surface area contributed by atoms with Crippen LogP contribution in [0.1, 0.15) is 51.5 Å². The minimum Gasteiger partial charge on any atom is -0.407 e. The standard InChI is InChI=1S/C17H25BF2O2/c1-3-5-6-8-13-11-21-18(22-12-13)15-10-9-14(7-4-2)16(19)17(15)20/h9-10,13H,3-8,11-12H2,1-2H3. The number of halogens is 2. The maximum atomic E-state index is 14.2. The average molecular weight is 310 g/mol. The van der Waals surface area contributed by atoms with Crippen LogP contribution in [0.3, 0.4) is 0 Å². The molecule has 0 unspecified atom stereocenters. The van der Waals surface area contributed by atoms with E-state index in [0.717, 1.165) is 19.3 Å². The molecule has 1 aliphatic rings. The zero-order valence-corrected chi connectivity index (χ0v) is 13.5. The van der Waals surface area contributed by atoms with E-state index in [1.165, 1.54) is 12.8 Å². The summed E-state index contributed by atoms with van der Waals surface area (Å²) in [5.74, 6) is -1.24. The molecule has 122 valence electrons. The van der Waals surface area contributed by atoms with Gasteiger partial charge in [-0.25, -0.2) is 8.78 Å². The van der Waals surface area contributed by atoms with E-state index < -0.39 is 18.8 Å². The van der Waals surface area contributed by atoms with Crippen molar-refractivity contribution >= 4 is 12.6 Å². The Kier molecular flexibility index (Phi) is 6.84. The van der Waals surface area contributed by atoms with Crippen molar-refractivity contribution in [2.45, 2.75) is 52.4 Å². The molecule has 2 rings (SSSR count). The Balaban J connectivity index is 1.95. The summed E-state index contributed by atoms with van der Waals surface area (Å²) < 4.78 is 39.4. The summed E-state index contributed by atoms with van der Waals surface area (Å²) in [4.78, 5) is 0. The summed E-state index contributed by atoms with van der Waals surface area (Å²) in [5, 5.41) is 0. The third-order valence-corrected chi connectivity index (χ3v) is 4.15. The number of hydrogen-bond acceptors (Lipinski definition) is 2. The van der Waals surface area contributed by atoms with Crippen LogP contribution in [0.5, 0.6) is 0 Å². The summed E-state index contributed by atoms with van der Waals surface area (Å²) in [6.07, 6.45) is 5.94. The Morgan fingerprint density at radius 2 is 1.77 bits per heavy atom. The molecule has 0 atom stereocenters. The molecular formula is C17H25BF2O2. The first-order valence-electron chi connectivity index (χ1n) is 8.37. The van der Waals surface area contributed by atoms with Crippen LogP contribution in [0.4, 0.5) is 8.78 Å². The van der Waals surface area contributed by atoms with Crippen LogP contribution >= 0.6 is 0 Å². The van der Waals surface area contributed by atoms with Crippen molar-refractivity contribution in [3.05, 3.63) is 29.3 Å². The van der Waals surface area contributed by atoms with Gasteiger partial charge in [-0.05, 0) is 18.4 Å². The summed E-state index contributed by atoms with van der Waals surface area (Å²) in [5.41, 5.74) is 0.585. The van der Waals surface area contributed by atoms with Crippen molar-refractivity contribution in [3.63, 3.8) is 0 Å². The Morgan fingerprint density at radius 3 is 2.41 bits per heavy atom. The third-order valence-electron chi connectivity index (χ3n) is 4.15. The third kappa shape index (κ3) is 4.29. The number of hydrogen-bond donors (Lipinski definition) is 0. The van der Waals surface area contributed by atoms with Crippen LogP contribution in [0.25, 0.3) is 0 Å². The zero-order chi connectivity index (χ0) is 15.9. The minimum absolute atomic E-state index is 0.171. The Morgan fingerprint density at radius 1 is 1.05 bits per heavy atom. The first-order chi connectivity index (χ1) is 10.7. The smallest absolute Gasteiger partial charge is 0.407 e. The SMILES string of the molecule is CCCCCC1COB(c2ccc(CCC)c(F)c2F)OC1. The number of unbranched alkanes of at least 4 members (excludes halogenated alkanes) is 2. The molecule has 1 aliphatic heterocycles. The van der Waals surface area contributed by atoms with Gasteiger partial charge < -0.3 is 9.31 Å². The molecule has 0 spiro atoms. The second-order valence-corrected chi connectivity index (χ2v) is 6.05. The first-order valence-corrected chi connectivity index (χ1v) is 8.37. The molecule has 1 saturated heterocycles. The number of aryl methyl sites for hydroxylation is 1. The van der Waals surface area contributed by atoms with Gasteiger partial charge in [-0.1, -0.05) is 51.7 Å². The molecule has 0 saturated carbocycles. The van der Waals surface area contributed by atoms with Crippen molar-refractivity contribution in [3.8, 4) is 0 Å².